The number of carbonyl (C=O) groups excluding carboxylic acids is 1. The van der Waals surface area contributed by atoms with Crippen LogP contribution >= 0.6 is 0 Å². The zero-order valence-electron chi connectivity index (χ0n) is 10.9. The molecule has 0 radical (unpaired) electrons. The van der Waals surface area contributed by atoms with Crippen molar-refractivity contribution >= 4 is 15.9 Å². The normalized spacial score (nSPS) is 27.3. The third-order valence-corrected chi connectivity index (χ3v) is 5.17. The van der Waals surface area contributed by atoms with E-state index in [2.05, 4.69) is 5.32 Å². The van der Waals surface area contributed by atoms with Crippen molar-refractivity contribution in [1.29, 1.82) is 0 Å². The molecule has 2 aliphatic rings. The molecule has 2 fully saturated rings. The summed E-state index contributed by atoms with van der Waals surface area (Å²) in [5.74, 6) is -0.107. The SMILES string of the molecule is CS(=O)(=O)N1CCC[C@@H]1C(=O)NC1CCCCC1. The third-order valence-electron chi connectivity index (χ3n) is 3.88. The molecule has 0 bridgehead atoms. The Labute approximate surface area is 109 Å². The number of hydrogen-bond acceptors (Lipinski definition) is 3. The molecule has 0 spiro atoms. The second-order valence-corrected chi connectivity index (χ2v) is 7.31. The van der Waals surface area contributed by atoms with E-state index < -0.39 is 16.1 Å². The van der Waals surface area contributed by atoms with E-state index in [1.54, 1.807) is 0 Å². The first-order valence-corrected chi connectivity index (χ1v) is 8.60. The summed E-state index contributed by atoms with van der Waals surface area (Å²) in [7, 11) is -3.27. The lowest BCUT2D eigenvalue weighted by Gasteiger charge is -2.27. The van der Waals surface area contributed by atoms with Crippen LogP contribution in [-0.4, -0.2) is 43.5 Å². The highest BCUT2D eigenvalue weighted by molar-refractivity contribution is 7.88. The summed E-state index contributed by atoms with van der Waals surface area (Å²) < 4.78 is 24.5. The van der Waals surface area contributed by atoms with Crippen molar-refractivity contribution in [2.45, 2.75) is 57.0 Å². The second-order valence-electron chi connectivity index (χ2n) is 5.38. The maximum Gasteiger partial charge on any atom is 0.238 e. The van der Waals surface area contributed by atoms with E-state index in [0.29, 0.717) is 13.0 Å². The van der Waals surface area contributed by atoms with Crippen LogP contribution in [0.5, 0.6) is 0 Å². The Morgan fingerprint density at radius 1 is 1.11 bits per heavy atom. The average molecular weight is 274 g/mol. The first kappa shape index (κ1) is 13.8. The Bertz CT molecular complexity index is 402. The van der Waals surface area contributed by atoms with Crippen LogP contribution in [0.25, 0.3) is 0 Å². The Morgan fingerprint density at radius 3 is 2.39 bits per heavy atom. The lowest BCUT2D eigenvalue weighted by atomic mass is 9.95. The molecule has 0 aromatic heterocycles. The number of amides is 1. The van der Waals surface area contributed by atoms with Crippen LogP contribution in [0.1, 0.15) is 44.9 Å². The molecule has 1 aliphatic carbocycles. The van der Waals surface area contributed by atoms with Crippen LogP contribution < -0.4 is 5.32 Å². The van der Waals surface area contributed by atoms with Crippen LogP contribution in [0.4, 0.5) is 0 Å². The highest BCUT2D eigenvalue weighted by Gasteiger charge is 2.37. The summed E-state index contributed by atoms with van der Waals surface area (Å²) in [4.78, 5) is 12.2. The van der Waals surface area contributed by atoms with E-state index in [0.717, 1.165) is 32.1 Å². The van der Waals surface area contributed by atoms with E-state index in [4.69, 9.17) is 0 Å². The fourth-order valence-corrected chi connectivity index (χ4v) is 4.07. The van der Waals surface area contributed by atoms with Crippen LogP contribution in [0, 0.1) is 0 Å². The van der Waals surface area contributed by atoms with Gasteiger partial charge < -0.3 is 5.32 Å². The molecule has 1 aliphatic heterocycles. The Morgan fingerprint density at radius 2 is 1.78 bits per heavy atom. The molecule has 1 saturated carbocycles. The molecule has 5 nitrogen and oxygen atoms in total. The Balaban J connectivity index is 1.95. The minimum atomic E-state index is -3.27. The predicted molar refractivity (Wildman–Crippen MR) is 69.6 cm³/mol. The predicted octanol–water partition coefficient (Wildman–Crippen LogP) is 0.859. The smallest absolute Gasteiger partial charge is 0.238 e. The summed E-state index contributed by atoms with van der Waals surface area (Å²) in [6.45, 7) is 0.474. The van der Waals surface area contributed by atoms with E-state index in [1.165, 1.54) is 17.0 Å². The summed E-state index contributed by atoms with van der Waals surface area (Å²) in [5, 5.41) is 3.02. The molecule has 0 aromatic carbocycles. The molecule has 1 heterocycles. The summed E-state index contributed by atoms with van der Waals surface area (Å²) in [6, 6.07) is -0.241. The van der Waals surface area contributed by atoms with Gasteiger partial charge in [-0.2, -0.15) is 4.31 Å². The highest BCUT2D eigenvalue weighted by atomic mass is 32.2. The average Bonchev–Trinajstić information content (AvgIpc) is 2.79. The van der Waals surface area contributed by atoms with Gasteiger partial charge in [-0.15, -0.1) is 0 Å². The molecule has 6 heteroatoms. The molecule has 104 valence electrons. The molecule has 1 atom stereocenters. The van der Waals surface area contributed by atoms with Crippen LogP contribution in [0.2, 0.25) is 0 Å². The van der Waals surface area contributed by atoms with Gasteiger partial charge in [0.05, 0.1) is 6.26 Å². The van der Waals surface area contributed by atoms with Gasteiger partial charge in [-0.05, 0) is 25.7 Å². The van der Waals surface area contributed by atoms with E-state index in [1.807, 2.05) is 0 Å². The number of sulfonamides is 1. The minimum Gasteiger partial charge on any atom is -0.352 e. The second kappa shape index (κ2) is 5.57. The largest absolute Gasteiger partial charge is 0.352 e. The van der Waals surface area contributed by atoms with Gasteiger partial charge in [-0.25, -0.2) is 8.42 Å². The van der Waals surface area contributed by atoms with Crippen molar-refractivity contribution in [3.05, 3.63) is 0 Å². The number of hydrogen-bond donors (Lipinski definition) is 1. The first-order valence-electron chi connectivity index (χ1n) is 6.75. The highest BCUT2D eigenvalue weighted by Crippen LogP contribution is 2.22. The van der Waals surface area contributed by atoms with Crippen LogP contribution in [-0.2, 0) is 14.8 Å². The topological polar surface area (TPSA) is 66.5 Å². The molecule has 0 aromatic rings. The zero-order chi connectivity index (χ0) is 13.2. The number of nitrogens with one attached hydrogen (secondary N) is 1. The maximum atomic E-state index is 12.2. The fourth-order valence-electron chi connectivity index (χ4n) is 2.94. The maximum absolute atomic E-state index is 12.2. The summed E-state index contributed by atoms with van der Waals surface area (Å²) in [6.07, 6.45) is 8.21. The van der Waals surface area contributed by atoms with Gasteiger partial charge in [0, 0.05) is 12.6 Å². The summed E-state index contributed by atoms with van der Waals surface area (Å²) in [5.41, 5.74) is 0. The standard InChI is InChI=1S/C12H22N2O3S/c1-18(16,17)14-9-5-8-11(14)12(15)13-10-6-3-2-4-7-10/h10-11H,2-9H2,1H3,(H,13,15)/t11-/m1/s1. The minimum absolute atomic E-state index is 0.107. The number of nitrogens with zero attached hydrogens (tertiary/aromatic N) is 1. The summed E-state index contributed by atoms with van der Waals surface area (Å²) >= 11 is 0. The van der Waals surface area contributed by atoms with Gasteiger partial charge in [0.15, 0.2) is 0 Å². The van der Waals surface area contributed by atoms with E-state index in [9.17, 15) is 13.2 Å². The van der Waals surface area contributed by atoms with Gasteiger partial charge >= 0.3 is 0 Å². The van der Waals surface area contributed by atoms with E-state index in [-0.39, 0.29) is 11.9 Å². The quantitative estimate of drug-likeness (QED) is 0.830. The lowest BCUT2D eigenvalue weighted by Crippen LogP contribution is -2.48. The zero-order valence-corrected chi connectivity index (χ0v) is 11.7. The van der Waals surface area contributed by atoms with Gasteiger partial charge in [0.1, 0.15) is 6.04 Å². The Kier molecular flexibility index (Phi) is 4.27. The molecule has 1 saturated heterocycles. The van der Waals surface area contributed by atoms with Gasteiger partial charge in [-0.3, -0.25) is 4.79 Å². The monoisotopic (exact) mass is 274 g/mol. The molecule has 18 heavy (non-hydrogen) atoms. The van der Waals surface area contributed by atoms with Crippen molar-refractivity contribution in [1.82, 2.24) is 9.62 Å². The van der Waals surface area contributed by atoms with Crippen molar-refractivity contribution < 1.29 is 13.2 Å². The molecule has 2 rings (SSSR count). The molecule has 1 N–H and O–H groups in total. The van der Waals surface area contributed by atoms with Gasteiger partial charge in [0.2, 0.25) is 15.9 Å². The Hall–Kier alpha value is -0.620. The lowest BCUT2D eigenvalue weighted by molar-refractivity contribution is -0.125. The first-order chi connectivity index (χ1) is 8.48. The molecule has 1 amide bonds. The van der Waals surface area contributed by atoms with Crippen molar-refractivity contribution in [2.75, 3.05) is 12.8 Å². The van der Waals surface area contributed by atoms with Crippen molar-refractivity contribution in [2.24, 2.45) is 0 Å². The number of carbonyl (C=O) groups is 1. The van der Waals surface area contributed by atoms with Crippen molar-refractivity contribution in [3.63, 3.8) is 0 Å². The van der Waals surface area contributed by atoms with E-state index >= 15 is 0 Å². The van der Waals surface area contributed by atoms with Crippen LogP contribution in [0.15, 0.2) is 0 Å². The van der Waals surface area contributed by atoms with Crippen molar-refractivity contribution in [3.8, 4) is 0 Å². The molecular weight excluding hydrogens is 252 g/mol. The van der Waals surface area contributed by atoms with Gasteiger partial charge in [-0.1, -0.05) is 19.3 Å². The molecule has 0 unspecified atom stereocenters. The third kappa shape index (κ3) is 3.23. The van der Waals surface area contributed by atoms with Gasteiger partial charge in [0.25, 0.3) is 0 Å². The fraction of sp³-hybridized carbons (Fsp3) is 0.917. The van der Waals surface area contributed by atoms with Crippen LogP contribution in [0.3, 0.4) is 0 Å². The molecular formula is C12H22N2O3S. The number of rotatable bonds is 3.